The van der Waals surface area contributed by atoms with Gasteiger partial charge in [0.05, 0.1) is 6.61 Å². The quantitative estimate of drug-likeness (QED) is 0.782. The van der Waals surface area contributed by atoms with Gasteiger partial charge in [-0.1, -0.05) is 12.1 Å². The molecule has 2 rings (SSSR count). The summed E-state index contributed by atoms with van der Waals surface area (Å²) in [6.07, 6.45) is 2.31. The first-order valence-electron chi connectivity index (χ1n) is 7.30. The van der Waals surface area contributed by atoms with Crippen LogP contribution in [-0.2, 0) is 9.53 Å². The van der Waals surface area contributed by atoms with E-state index in [0.717, 1.165) is 12.8 Å². The van der Waals surface area contributed by atoms with E-state index in [1.54, 1.807) is 24.3 Å². The van der Waals surface area contributed by atoms with Crippen LogP contribution >= 0.6 is 0 Å². The average Bonchev–Trinajstić information content (AvgIpc) is 3.30. The Hall–Kier alpha value is -2.04. The van der Waals surface area contributed by atoms with Crippen molar-refractivity contribution in [1.29, 1.82) is 0 Å². The van der Waals surface area contributed by atoms with Crippen molar-refractivity contribution in [3.63, 3.8) is 0 Å². The zero-order chi connectivity index (χ0) is 15.2. The first-order chi connectivity index (χ1) is 10.1. The number of nitrogens with one attached hydrogen (secondary N) is 1. The van der Waals surface area contributed by atoms with Gasteiger partial charge in [0.15, 0.2) is 6.61 Å². The topological polar surface area (TPSA) is 64.6 Å². The van der Waals surface area contributed by atoms with Gasteiger partial charge in [-0.05, 0) is 44.7 Å². The third-order valence-corrected chi connectivity index (χ3v) is 3.46. The van der Waals surface area contributed by atoms with Crippen LogP contribution < -0.4 is 10.1 Å². The van der Waals surface area contributed by atoms with E-state index >= 15 is 0 Å². The summed E-state index contributed by atoms with van der Waals surface area (Å²) in [6, 6.07) is 6.99. The van der Waals surface area contributed by atoms with E-state index < -0.39 is 5.97 Å². The zero-order valence-corrected chi connectivity index (χ0v) is 12.4. The van der Waals surface area contributed by atoms with Gasteiger partial charge < -0.3 is 14.8 Å². The maximum atomic E-state index is 12.0. The first kappa shape index (κ1) is 15.4. The normalized spacial score (nSPS) is 15.1. The average molecular weight is 291 g/mol. The van der Waals surface area contributed by atoms with Crippen molar-refractivity contribution in [2.45, 2.75) is 32.7 Å². The highest BCUT2D eigenvalue weighted by Crippen LogP contribution is 2.32. The molecule has 114 valence electrons. The fraction of sp³-hybridized carbons (Fsp3) is 0.500. The molecule has 1 fully saturated rings. The smallest absolute Gasteiger partial charge is 0.342 e. The molecular weight excluding hydrogens is 270 g/mol. The SMILES string of the molecule is CCOc1ccccc1C(=O)OCC(=O)N[C@@H](C)C1CC1. The molecule has 1 aliphatic rings. The maximum absolute atomic E-state index is 12.0. The van der Waals surface area contributed by atoms with E-state index in [0.29, 0.717) is 23.8 Å². The Morgan fingerprint density at radius 2 is 2.05 bits per heavy atom. The standard InChI is InChI=1S/C16H21NO4/c1-3-20-14-7-5-4-6-13(14)16(19)21-10-15(18)17-11(2)12-8-9-12/h4-7,11-12H,3,8-10H2,1-2H3,(H,17,18)/t11-/m0/s1. The summed E-state index contributed by atoms with van der Waals surface area (Å²) < 4.78 is 10.4. The van der Waals surface area contributed by atoms with Crippen LogP contribution in [0.15, 0.2) is 24.3 Å². The zero-order valence-electron chi connectivity index (χ0n) is 12.4. The number of rotatable bonds is 7. The summed E-state index contributed by atoms with van der Waals surface area (Å²) in [5.41, 5.74) is 0.336. The van der Waals surface area contributed by atoms with Gasteiger partial charge in [0.2, 0.25) is 0 Å². The molecule has 21 heavy (non-hydrogen) atoms. The molecule has 1 saturated carbocycles. The van der Waals surface area contributed by atoms with Gasteiger partial charge in [-0.3, -0.25) is 4.79 Å². The number of amides is 1. The molecule has 0 bridgehead atoms. The fourth-order valence-corrected chi connectivity index (χ4v) is 2.14. The monoisotopic (exact) mass is 291 g/mol. The minimum absolute atomic E-state index is 0.145. The molecule has 0 saturated heterocycles. The molecule has 1 aromatic carbocycles. The minimum atomic E-state index is -0.548. The Balaban J connectivity index is 1.85. The highest BCUT2D eigenvalue weighted by atomic mass is 16.5. The van der Waals surface area contributed by atoms with E-state index in [4.69, 9.17) is 9.47 Å². The molecule has 5 heteroatoms. The lowest BCUT2D eigenvalue weighted by Crippen LogP contribution is -2.37. The van der Waals surface area contributed by atoms with Gasteiger partial charge >= 0.3 is 5.97 Å². The molecule has 0 unspecified atom stereocenters. The summed E-state index contributed by atoms with van der Waals surface area (Å²) in [6.45, 7) is 4.01. The van der Waals surface area contributed by atoms with Crippen molar-refractivity contribution in [1.82, 2.24) is 5.32 Å². The molecule has 1 amide bonds. The Bertz CT molecular complexity index is 511. The second-order valence-corrected chi connectivity index (χ2v) is 5.20. The molecular formula is C16H21NO4. The number of hydrogen-bond acceptors (Lipinski definition) is 4. The lowest BCUT2D eigenvalue weighted by Gasteiger charge is -2.13. The van der Waals surface area contributed by atoms with Crippen LogP contribution in [0.2, 0.25) is 0 Å². The van der Waals surface area contributed by atoms with Crippen LogP contribution in [0.1, 0.15) is 37.0 Å². The Morgan fingerprint density at radius 1 is 1.33 bits per heavy atom. The molecule has 0 spiro atoms. The number of benzene rings is 1. The van der Waals surface area contributed by atoms with Gasteiger partial charge in [0, 0.05) is 6.04 Å². The summed E-state index contributed by atoms with van der Waals surface area (Å²) >= 11 is 0. The van der Waals surface area contributed by atoms with Crippen LogP contribution in [0.25, 0.3) is 0 Å². The van der Waals surface area contributed by atoms with Crippen molar-refractivity contribution in [3.05, 3.63) is 29.8 Å². The summed E-state index contributed by atoms with van der Waals surface area (Å²) in [7, 11) is 0. The molecule has 1 N–H and O–H groups in total. The van der Waals surface area contributed by atoms with E-state index in [2.05, 4.69) is 5.32 Å². The van der Waals surface area contributed by atoms with Gasteiger partial charge in [-0.15, -0.1) is 0 Å². The van der Waals surface area contributed by atoms with Crippen LogP contribution in [-0.4, -0.2) is 31.1 Å². The van der Waals surface area contributed by atoms with Crippen LogP contribution in [0.3, 0.4) is 0 Å². The van der Waals surface area contributed by atoms with Gasteiger partial charge in [-0.2, -0.15) is 0 Å². The molecule has 1 atom stereocenters. The number of ether oxygens (including phenoxy) is 2. The number of carbonyl (C=O) groups is 2. The van der Waals surface area contributed by atoms with Crippen LogP contribution in [0, 0.1) is 5.92 Å². The van der Waals surface area contributed by atoms with Crippen molar-refractivity contribution in [2.75, 3.05) is 13.2 Å². The van der Waals surface area contributed by atoms with Gasteiger partial charge in [-0.25, -0.2) is 4.79 Å². The van der Waals surface area contributed by atoms with Crippen molar-refractivity contribution in [3.8, 4) is 5.75 Å². The largest absolute Gasteiger partial charge is 0.493 e. The van der Waals surface area contributed by atoms with Crippen LogP contribution in [0.5, 0.6) is 5.75 Å². The molecule has 1 aromatic rings. The predicted octanol–water partition coefficient (Wildman–Crippen LogP) is 2.16. The number of hydrogen-bond donors (Lipinski definition) is 1. The molecule has 5 nitrogen and oxygen atoms in total. The number of para-hydroxylation sites is 1. The highest BCUT2D eigenvalue weighted by molar-refractivity contribution is 5.94. The maximum Gasteiger partial charge on any atom is 0.342 e. The molecule has 0 aromatic heterocycles. The fourth-order valence-electron chi connectivity index (χ4n) is 2.14. The molecule has 0 heterocycles. The Kier molecular flexibility index (Phi) is 5.20. The predicted molar refractivity (Wildman–Crippen MR) is 78.2 cm³/mol. The third kappa shape index (κ3) is 4.48. The Morgan fingerprint density at radius 3 is 2.71 bits per heavy atom. The summed E-state index contributed by atoms with van der Waals surface area (Å²) in [4.78, 5) is 23.7. The second-order valence-electron chi connectivity index (χ2n) is 5.20. The number of carbonyl (C=O) groups excluding carboxylic acids is 2. The van der Waals surface area contributed by atoms with E-state index in [9.17, 15) is 9.59 Å². The number of esters is 1. The summed E-state index contributed by atoms with van der Waals surface area (Å²) in [5.74, 6) is 0.227. The second kappa shape index (κ2) is 7.11. The van der Waals surface area contributed by atoms with E-state index in [1.165, 1.54) is 0 Å². The molecule has 1 aliphatic carbocycles. The van der Waals surface area contributed by atoms with Crippen molar-refractivity contribution >= 4 is 11.9 Å². The summed E-state index contributed by atoms with van der Waals surface area (Å²) in [5, 5.41) is 2.84. The van der Waals surface area contributed by atoms with Gasteiger partial charge in [0.1, 0.15) is 11.3 Å². The Labute approximate surface area is 124 Å². The van der Waals surface area contributed by atoms with E-state index in [-0.39, 0.29) is 18.6 Å². The van der Waals surface area contributed by atoms with Crippen LogP contribution in [0.4, 0.5) is 0 Å². The van der Waals surface area contributed by atoms with E-state index in [1.807, 2.05) is 13.8 Å². The molecule has 0 aliphatic heterocycles. The minimum Gasteiger partial charge on any atom is -0.493 e. The lowest BCUT2D eigenvalue weighted by molar-refractivity contribution is -0.125. The lowest BCUT2D eigenvalue weighted by atomic mass is 10.2. The van der Waals surface area contributed by atoms with Crippen molar-refractivity contribution < 1.29 is 19.1 Å². The first-order valence-corrected chi connectivity index (χ1v) is 7.30. The van der Waals surface area contributed by atoms with Crippen molar-refractivity contribution in [2.24, 2.45) is 5.92 Å². The van der Waals surface area contributed by atoms with Gasteiger partial charge in [0.25, 0.3) is 5.91 Å². The third-order valence-electron chi connectivity index (χ3n) is 3.46. The molecule has 0 radical (unpaired) electrons. The highest BCUT2D eigenvalue weighted by Gasteiger charge is 2.29.